The summed E-state index contributed by atoms with van der Waals surface area (Å²) in [6.45, 7) is 4.24. The quantitative estimate of drug-likeness (QED) is 0.157. The van der Waals surface area contributed by atoms with Crippen LogP contribution in [0.4, 0.5) is 37.7 Å². The second-order valence-electron chi connectivity index (χ2n) is 9.37. The van der Waals surface area contributed by atoms with Crippen molar-refractivity contribution in [3.05, 3.63) is 108 Å². The van der Waals surface area contributed by atoms with Gasteiger partial charge in [-0.3, -0.25) is 9.59 Å². The summed E-state index contributed by atoms with van der Waals surface area (Å²) in [5.41, 5.74) is 0.126. The molecule has 0 aliphatic heterocycles. The van der Waals surface area contributed by atoms with E-state index in [-0.39, 0.29) is 24.2 Å². The average molecular weight is 589 g/mol. The smallest absolute Gasteiger partial charge is 0.347 e. The van der Waals surface area contributed by atoms with Crippen LogP contribution in [0.15, 0.2) is 97.3 Å². The Hall–Kier alpha value is -4.34. The summed E-state index contributed by atoms with van der Waals surface area (Å²) in [5.74, 6) is -3.96. The van der Waals surface area contributed by atoms with Crippen molar-refractivity contribution in [2.24, 2.45) is 0 Å². The van der Waals surface area contributed by atoms with Gasteiger partial charge in [0.15, 0.2) is 0 Å². The number of allylic oxidation sites excluding steroid dienone is 2. The van der Waals surface area contributed by atoms with Gasteiger partial charge in [0.05, 0.1) is 11.1 Å². The Labute approximate surface area is 240 Å². The summed E-state index contributed by atoms with van der Waals surface area (Å²) in [4.78, 5) is 27.8. The first-order valence-electron chi connectivity index (χ1n) is 13.3. The van der Waals surface area contributed by atoms with Crippen LogP contribution >= 0.6 is 0 Å². The topological polar surface area (TPSA) is 40.6 Å². The number of halogens is 6. The summed E-state index contributed by atoms with van der Waals surface area (Å²) in [6, 6.07) is 21.5. The van der Waals surface area contributed by atoms with Crippen molar-refractivity contribution in [1.29, 1.82) is 0 Å². The maximum Gasteiger partial charge on any atom is 0.454 e. The van der Waals surface area contributed by atoms with Gasteiger partial charge in [0.25, 0.3) is 11.6 Å². The van der Waals surface area contributed by atoms with E-state index in [1.807, 2.05) is 13.8 Å². The number of carbonyl (C=O) groups is 2. The summed E-state index contributed by atoms with van der Waals surface area (Å²) in [5, 5.41) is 0. The zero-order valence-electron chi connectivity index (χ0n) is 23.0. The summed E-state index contributed by atoms with van der Waals surface area (Å²) in [6.07, 6.45) is -6.73. The van der Waals surface area contributed by atoms with Gasteiger partial charge in [-0.2, -0.15) is 26.3 Å². The molecular weight excluding hydrogens is 558 g/mol. The lowest BCUT2D eigenvalue weighted by Gasteiger charge is -2.25. The Morgan fingerprint density at radius 2 is 0.881 bits per heavy atom. The van der Waals surface area contributed by atoms with Crippen molar-refractivity contribution in [2.45, 2.75) is 39.0 Å². The molecule has 3 aromatic rings. The van der Waals surface area contributed by atoms with Crippen LogP contribution in [0.5, 0.6) is 0 Å². The standard InChI is InChI=1S/C32H30F6N2O2/c1-3-19-39(21-27(29(41)31(33,34)35)23-11-7-5-8-12-23)25-15-17-26(18-16-25)40(20-4-2)22-28(30(42)32(36,37)38)24-13-9-6-10-14-24/h5-18,21-22H,3-4,19-20H2,1-2H3/b27-21-,28-22-. The zero-order chi connectivity index (χ0) is 30.9. The molecule has 10 heteroatoms. The van der Waals surface area contributed by atoms with E-state index < -0.39 is 35.1 Å². The van der Waals surface area contributed by atoms with Crippen LogP contribution in [0.3, 0.4) is 0 Å². The molecule has 0 amide bonds. The number of hydrogen-bond donors (Lipinski definition) is 0. The fraction of sp³-hybridized carbons (Fsp3) is 0.250. The number of anilines is 2. The molecule has 0 saturated carbocycles. The van der Waals surface area contributed by atoms with Crippen LogP contribution in [0.25, 0.3) is 11.1 Å². The van der Waals surface area contributed by atoms with E-state index in [1.54, 1.807) is 36.4 Å². The monoisotopic (exact) mass is 588 g/mol. The highest BCUT2D eigenvalue weighted by Gasteiger charge is 2.42. The number of ketones is 2. The van der Waals surface area contributed by atoms with Crippen LogP contribution < -0.4 is 9.80 Å². The first-order chi connectivity index (χ1) is 19.9. The van der Waals surface area contributed by atoms with Gasteiger partial charge in [-0.05, 0) is 48.2 Å². The van der Waals surface area contributed by atoms with Crippen molar-refractivity contribution in [2.75, 3.05) is 22.9 Å². The van der Waals surface area contributed by atoms with Crippen molar-refractivity contribution >= 4 is 34.1 Å². The van der Waals surface area contributed by atoms with E-state index in [0.29, 0.717) is 24.2 Å². The molecule has 3 rings (SSSR count). The van der Waals surface area contributed by atoms with Crippen LogP contribution in [0.2, 0.25) is 0 Å². The number of carbonyl (C=O) groups excluding carboxylic acids is 2. The molecule has 222 valence electrons. The van der Waals surface area contributed by atoms with Gasteiger partial charge in [-0.15, -0.1) is 0 Å². The van der Waals surface area contributed by atoms with Gasteiger partial charge < -0.3 is 9.80 Å². The van der Waals surface area contributed by atoms with Gasteiger partial charge >= 0.3 is 12.4 Å². The minimum Gasteiger partial charge on any atom is -0.347 e. The van der Waals surface area contributed by atoms with Crippen LogP contribution in [-0.2, 0) is 9.59 Å². The third-order valence-corrected chi connectivity index (χ3v) is 6.19. The molecule has 0 atom stereocenters. The van der Waals surface area contributed by atoms with E-state index in [4.69, 9.17) is 0 Å². The number of benzene rings is 3. The van der Waals surface area contributed by atoms with E-state index >= 15 is 0 Å². The Balaban J connectivity index is 2.05. The molecule has 0 N–H and O–H groups in total. The lowest BCUT2D eigenvalue weighted by molar-refractivity contribution is -0.164. The highest BCUT2D eigenvalue weighted by atomic mass is 19.4. The fourth-order valence-electron chi connectivity index (χ4n) is 4.23. The maximum absolute atomic E-state index is 13.5. The van der Waals surface area contributed by atoms with E-state index in [1.165, 1.54) is 70.7 Å². The second-order valence-corrected chi connectivity index (χ2v) is 9.37. The highest BCUT2D eigenvalue weighted by Crippen LogP contribution is 2.31. The predicted octanol–water partition coefficient (Wildman–Crippen LogP) is 8.46. The molecule has 0 heterocycles. The normalized spacial score (nSPS) is 12.7. The molecule has 0 saturated heterocycles. The fourth-order valence-corrected chi connectivity index (χ4v) is 4.23. The molecule has 3 aromatic carbocycles. The minimum absolute atomic E-state index is 0.111. The second kappa shape index (κ2) is 14.0. The van der Waals surface area contributed by atoms with E-state index in [9.17, 15) is 35.9 Å². The molecule has 0 aliphatic carbocycles. The third-order valence-electron chi connectivity index (χ3n) is 6.19. The Bertz CT molecular complexity index is 1290. The molecule has 0 aliphatic rings. The van der Waals surface area contributed by atoms with Crippen molar-refractivity contribution in [3.8, 4) is 0 Å². The van der Waals surface area contributed by atoms with E-state index in [0.717, 1.165) is 0 Å². The lowest BCUT2D eigenvalue weighted by atomic mass is 10.0. The van der Waals surface area contributed by atoms with Crippen LogP contribution in [0, 0.1) is 0 Å². The molecule has 0 radical (unpaired) electrons. The lowest BCUT2D eigenvalue weighted by Crippen LogP contribution is -2.27. The molecule has 0 unspecified atom stereocenters. The van der Waals surface area contributed by atoms with Crippen LogP contribution in [0.1, 0.15) is 37.8 Å². The summed E-state index contributed by atoms with van der Waals surface area (Å²) >= 11 is 0. The molecule has 0 bridgehead atoms. The van der Waals surface area contributed by atoms with Crippen LogP contribution in [-0.4, -0.2) is 37.0 Å². The van der Waals surface area contributed by atoms with E-state index in [2.05, 4.69) is 0 Å². The molecular formula is C32H30F6N2O2. The molecule has 42 heavy (non-hydrogen) atoms. The van der Waals surface area contributed by atoms with Gasteiger partial charge in [0.1, 0.15) is 0 Å². The predicted molar refractivity (Wildman–Crippen MR) is 153 cm³/mol. The minimum atomic E-state index is -5.08. The first kappa shape index (κ1) is 32.2. The van der Waals surface area contributed by atoms with Gasteiger partial charge in [0, 0.05) is 36.9 Å². The Morgan fingerprint density at radius 3 is 1.14 bits per heavy atom. The van der Waals surface area contributed by atoms with Crippen molar-refractivity contribution in [3.63, 3.8) is 0 Å². The van der Waals surface area contributed by atoms with Gasteiger partial charge in [0.2, 0.25) is 0 Å². The number of Topliss-reactive ketones (excluding diaryl/α,β-unsaturated/α-hetero) is 2. The molecule has 0 spiro atoms. The van der Waals surface area contributed by atoms with Gasteiger partial charge in [-0.1, -0.05) is 74.5 Å². The third kappa shape index (κ3) is 8.34. The maximum atomic E-state index is 13.5. The van der Waals surface area contributed by atoms with Crippen molar-refractivity contribution < 1.29 is 35.9 Å². The molecule has 4 nitrogen and oxygen atoms in total. The van der Waals surface area contributed by atoms with Crippen molar-refractivity contribution in [1.82, 2.24) is 0 Å². The van der Waals surface area contributed by atoms with Gasteiger partial charge in [-0.25, -0.2) is 0 Å². The number of hydrogen-bond acceptors (Lipinski definition) is 4. The zero-order valence-corrected chi connectivity index (χ0v) is 23.0. The number of nitrogens with zero attached hydrogens (tertiary/aromatic N) is 2. The Morgan fingerprint density at radius 1 is 0.571 bits per heavy atom. The number of rotatable bonds is 12. The number of alkyl halides is 6. The molecule has 0 aromatic heterocycles. The average Bonchev–Trinajstić information content (AvgIpc) is 2.97. The summed E-state index contributed by atoms with van der Waals surface area (Å²) in [7, 11) is 0. The Kier molecular flexibility index (Phi) is 10.7. The highest BCUT2D eigenvalue weighted by molar-refractivity contribution is 6.24. The molecule has 0 fully saturated rings. The summed E-state index contributed by atoms with van der Waals surface area (Å²) < 4.78 is 80.9. The first-order valence-corrected chi connectivity index (χ1v) is 13.3. The SMILES string of the molecule is CCCN(/C=C(\C(=O)C(F)(F)F)c1ccccc1)c1ccc(N(/C=C(\C(=O)C(F)(F)F)c2ccccc2)CCC)cc1. The largest absolute Gasteiger partial charge is 0.454 e.